The van der Waals surface area contributed by atoms with Crippen LogP contribution in [0.1, 0.15) is 55.5 Å². The minimum atomic E-state index is -0.0833. The van der Waals surface area contributed by atoms with Gasteiger partial charge in [0.2, 0.25) is 0 Å². The van der Waals surface area contributed by atoms with E-state index in [0.717, 1.165) is 0 Å². The van der Waals surface area contributed by atoms with Gasteiger partial charge < -0.3 is 4.90 Å². The summed E-state index contributed by atoms with van der Waals surface area (Å²) in [4.78, 5) is 2.48. The van der Waals surface area contributed by atoms with Crippen molar-refractivity contribution >= 4 is 17.1 Å². The maximum atomic E-state index is 2.48. The largest absolute Gasteiger partial charge is 0.310 e. The summed E-state index contributed by atoms with van der Waals surface area (Å²) < 4.78 is 0. The molecule has 242 valence electrons. The van der Waals surface area contributed by atoms with Gasteiger partial charge >= 0.3 is 0 Å². The number of hydrogen-bond donors (Lipinski definition) is 0. The molecule has 1 heteroatoms. The Kier molecular flexibility index (Phi) is 6.80. The number of nitrogens with zero attached hydrogens (tertiary/aromatic N) is 1. The second-order valence-corrected chi connectivity index (χ2v) is 15.1. The average molecular weight is 644 g/mol. The van der Waals surface area contributed by atoms with Gasteiger partial charge in [0.1, 0.15) is 0 Å². The minimum absolute atomic E-state index is 0.0833. The third-order valence-electron chi connectivity index (χ3n) is 11.4. The summed E-state index contributed by atoms with van der Waals surface area (Å²) in [5.74, 6) is 0. The van der Waals surface area contributed by atoms with Crippen LogP contribution in [0, 0.1) is 6.92 Å². The molecule has 7 aromatic rings. The van der Waals surface area contributed by atoms with Crippen molar-refractivity contribution in [1.29, 1.82) is 0 Å². The molecule has 2 aliphatic rings. The summed E-state index contributed by atoms with van der Waals surface area (Å²) in [6.07, 6.45) is 0. The van der Waals surface area contributed by atoms with E-state index in [0.29, 0.717) is 0 Å². The van der Waals surface area contributed by atoms with E-state index in [1.807, 2.05) is 0 Å². The third-order valence-corrected chi connectivity index (χ3v) is 11.4. The SMILES string of the molecule is Cc1cc(-c2ccc(-c3ccccc3)cc2)ccc1N(c1ccc2c(c1)C(C)(C)c1ccccc1-2)c1ccc2c(c1)C(C)(C)c1ccccc1-2. The smallest absolute Gasteiger partial charge is 0.0491 e. The van der Waals surface area contributed by atoms with Crippen LogP contribution < -0.4 is 4.90 Å². The molecule has 0 saturated heterocycles. The van der Waals surface area contributed by atoms with Crippen LogP contribution in [0.25, 0.3) is 44.5 Å². The summed E-state index contributed by atoms with van der Waals surface area (Å²) in [6.45, 7) is 11.7. The number of rotatable bonds is 5. The van der Waals surface area contributed by atoms with E-state index in [9.17, 15) is 0 Å². The van der Waals surface area contributed by atoms with Gasteiger partial charge in [-0.2, -0.15) is 0 Å². The zero-order valence-corrected chi connectivity index (χ0v) is 29.5. The Morgan fingerprint density at radius 2 is 0.780 bits per heavy atom. The maximum absolute atomic E-state index is 2.48. The van der Waals surface area contributed by atoms with E-state index in [2.05, 4.69) is 197 Å². The first-order valence-corrected chi connectivity index (χ1v) is 17.8. The highest BCUT2D eigenvalue weighted by atomic mass is 15.1. The van der Waals surface area contributed by atoms with Gasteiger partial charge in [-0.05, 0) is 116 Å². The number of aryl methyl sites for hydroxylation is 1. The van der Waals surface area contributed by atoms with Gasteiger partial charge in [0, 0.05) is 27.9 Å². The summed E-state index contributed by atoms with van der Waals surface area (Å²) in [7, 11) is 0. The summed E-state index contributed by atoms with van der Waals surface area (Å²) in [5, 5.41) is 0. The fourth-order valence-electron chi connectivity index (χ4n) is 8.66. The van der Waals surface area contributed by atoms with Crippen LogP contribution in [-0.4, -0.2) is 0 Å². The Morgan fingerprint density at radius 3 is 1.30 bits per heavy atom. The molecule has 0 heterocycles. The van der Waals surface area contributed by atoms with Gasteiger partial charge in [-0.15, -0.1) is 0 Å². The lowest BCUT2D eigenvalue weighted by Crippen LogP contribution is -2.18. The highest BCUT2D eigenvalue weighted by Gasteiger charge is 2.37. The zero-order valence-electron chi connectivity index (χ0n) is 29.5. The Labute approximate surface area is 296 Å². The second kappa shape index (κ2) is 11.2. The van der Waals surface area contributed by atoms with Crippen molar-refractivity contribution in [3.8, 4) is 44.5 Å². The lowest BCUT2D eigenvalue weighted by atomic mass is 9.82. The van der Waals surface area contributed by atoms with Crippen LogP contribution in [0.5, 0.6) is 0 Å². The van der Waals surface area contributed by atoms with Gasteiger partial charge in [-0.1, -0.05) is 149 Å². The van der Waals surface area contributed by atoms with Gasteiger partial charge in [0.25, 0.3) is 0 Å². The van der Waals surface area contributed by atoms with Crippen molar-refractivity contribution < 1.29 is 0 Å². The van der Waals surface area contributed by atoms with Crippen molar-refractivity contribution in [1.82, 2.24) is 0 Å². The first-order chi connectivity index (χ1) is 24.2. The van der Waals surface area contributed by atoms with E-state index in [4.69, 9.17) is 0 Å². The lowest BCUT2D eigenvalue weighted by Gasteiger charge is -2.31. The monoisotopic (exact) mass is 643 g/mol. The molecule has 0 fully saturated rings. The molecular formula is C49H41N. The highest BCUT2D eigenvalue weighted by Crippen LogP contribution is 2.53. The quantitative estimate of drug-likeness (QED) is 0.180. The molecule has 0 atom stereocenters. The average Bonchev–Trinajstić information content (AvgIpc) is 3.52. The van der Waals surface area contributed by atoms with Crippen LogP contribution in [0.2, 0.25) is 0 Å². The van der Waals surface area contributed by atoms with Gasteiger partial charge in [-0.25, -0.2) is 0 Å². The summed E-state index contributed by atoms with van der Waals surface area (Å²) >= 11 is 0. The third kappa shape index (κ3) is 4.61. The van der Waals surface area contributed by atoms with E-state index in [-0.39, 0.29) is 10.8 Å². The fraction of sp³-hybridized carbons (Fsp3) is 0.143. The van der Waals surface area contributed by atoms with Gasteiger partial charge in [0.05, 0.1) is 0 Å². The van der Waals surface area contributed by atoms with Crippen LogP contribution in [0.4, 0.5) is 17.1 Å². The number of anilines is 3. The standard InChI is InChI=1S/C49H41N/c1-32-29-36(35-21-19-34(20-22-35)33-13-7-6-8-14-33)23-28-47(32)50(37-24-26-41-39-15-9-11-17-43(39)48(2,3)45(41)30-37)38-25-27-42-40-16-10-12-18-44(40)49(4,5)46(42)31-38/h6-31H,1-5H3. The van der Waals surface area contributed by atoms with Crippen molar-refractivity contribution in [2.75, 3.05) is 4.90 Å². The van der Waals surface area contributed by atoms with Crippen LogP contribution in [-0.2, 0) is 10.8 Å². The molecule has 0 aliphatic heterocycles. The number of benzene rings is 7. The summed E-state index contributed by atoms with van der Waals surface area (Å²) in [6, 6.07) is 58.5. The fourth-order valence-corrected chi connectivity index (χ4v) is 8.66. The van der Waals surface area contributed by atoms with Crippen molar-refractivity contribution in [3.05, 3.63) is 186 Å². The first-order valence-electron chi connectivity index (χ1n) is 17.8. The lowest BCUT2D eigenvalue weighted by molar-refractivity contribution is 0.660. The van der Waals surface area contributed by atoms with E-state index >= 15 is 0 Å². The molecule has 2 aliphatic carbocycles. The normalized spacial score (nSPS) is 14.4. The van der Waals surface area contributed by atoms with E-state index < -0.39 is 0 Å². The molecule has 0 spiro atoms. The second-order valence-electron chi connectivity index (χ2n) is 15.1. The minimum Gasteiger partial charge on any atom is -0.310 e. The van der Waals surface area contributed by atoms with Crippen molar-refractivity contribution in [3.63, 3.8) is 0 Å². The maximum Gasteiger partial charge on any atom is 0.0491 e. The van der Waals surface area contributed by atoms with E-state index in [1.165, 1.54) is 89.4 Å². The molecule has 0 bridgehead atoms. The Hall–Kier alpha value is -5.66. The molecule has 50 heavy (non-hydrogen) atoms. The molecule has 1 nitrogen and oxygen atoms in total. The Balaban J connectivity index is 1.17. The number of fused-ring (bicyclic) bond motifs is 6. The molecule has 0 unspecified atom stereocenters. The molecule has 0 aromatic heterocycles. The number of hydrogen-bond acceptors (Lipinski definition) is 1. The highest BCUT2D eigenvalue weighted by molar-refractivity contribution is 5.89. The van der Waals surface area contributed by atoms with Crippen LogP contribution in [0.15, 0.2) is 158 Å². The van der Waals surface area contributed by atoms with E-state index in [1.54, 1.807) is 0 Å². The van der Waals surface area contributed by atoms with Crippen LogP contribution in [0.3, 0.4) is 0 Å². The van der Waals surface area contributed by atoms with Crippen molar-refractivity contribution in [2.45, 2.75) is 45.4 Å². The molecule has 0 saturated carbocycles. The van der Waals surface area contributed by atoms with Crippen molar-refractivity contribution in [2.24, 2.45) is 0 Å². The molecule has 0 radical (unpaired) electrons. The first kappa shape index (κ1) is 30.4. The molecule has 0 N–H and O–H groups in total. The molecule has 0 amide bonds. The topological polar surface area (TPSA) is 3.24 Å². The predicted molar refractivity (Wildman–Crippen MR) is 212 cm³/mol. The van der Waals surface area contributed by atoms with Gasteiger partial charge in [0.15, 0.2) is 0 Å². The molecule has 9 rings (SSSR count). The molecular weight excluding hydrogens is 603 g/mol. The van der Waals surface area contributed by atoms with Gasteiger partial charge in [-0.3, -0.25) is 0 Å². The Morgan fingerprint density at radius 1 is 0.360 bits per heavy atom. The Bertz CT molecular complexity index is 2320. The molecule has 7 aromatic carbocycles. The predicted octanol–water partition coefficient (Wildman–Crippen LogP) is 13.4. The summed E-state index contributed by atoms with van der Waals surface area (Å²) in [5.41, 5.74) is 20.5. The zero-order chi connectivity index (χ0) is 34.2. The van der Waals surface area contributed by atoms with Crippen LogP contribution >= 0.6 is 0 Å².